The molecule has 1 fully saturated rings. The van der Waals surface area contributed by atoms with Gasteiger partial charge >= 0.3 is 0 Å². The fourth-order valence-corrected chi connectivity index (χ4v) is 3.31. The van der Waals surface area contributed by atoms with E-state index in [1.54, 1.807) is 0 Å². The van der Waals surface area contributed by atoms with Crippen LogP contribution in [0.1, 0.15) is 53.9 Å². The Morgan fingerprint density at radius 3 is 2.19 bits per heavy atom. The van der Waals surface area contributed by atoms with Crippen LogP contribution in [0, 0.1) is 29.6 Å². The molecule has 1 aliphatic rings. The number of rotatable bonds is 4. The van der Waals surface area contributed by atoms with Crippen LogP contribution < -0.4 is 5.32 Å². The average Bonchev–Trinajstić information content (AvgIpc) is 2.27. The molecule has 1 heteroatoms. The Bertz CT molecular complexity index is 200. The highest BCUT2D eigenvalue weighted by molar-refractivity contribution is 4.85. The van der Waals surface area contributed by atoms with Gasteiger partial charge in [0.2, 0.25) is 0 Å². The van der Waals surface area contributed by atoms with Gasteiger partial charge in [0.25, 0.3) is 0 Å². The summed E-state index contributed by atoms with van der Waals surface area (Å²) in [6, 6.07) is 0.689. The minimum Gasteiger partial charge on any atom is -0.317 e. The minimum atomic E-state index is 0.689. The van der Waals surface area contributed by atoms with Gasteiger partial charge in [-0.25, -0.2) is 0 Å². The summed E-state index contributed by atoms with van der Waals surface area (Å²) in [6.45, 7) is 12.0. The molecule has 0 aromatic rings. The summed E-state index contributed by atoms with van der Waals surface area (Å²) in [5.74, 6) is 4.47. The second-order valence-corrected chi connectivity index (χ2v) is 6.39. The lowest BCUT2D eigenvalue weighted by molar-refractivity contribution is 0.100. The van der Waals surface area contributed by atoms with Gasteiger partial charge in [-0.05, 0) is 56.4 Å². The first kappa shape index (κ1) is 14.0. The maximum absolute atomic E-state index is 3.44. The summed E-state index contributed by atoms with van der Waals surface area (Å²) in [5, 5.41) is 3.44. The number of hydrogen-bond donors (Lipinski definition) is 1. The highest BCUT2D eigenvalue weighted by Gasteiger charge is 2.33. The summed E-state index contributed by atoms with van der Waals surface area (Å²) in [4.78, 5) is 0. The molecule has 16 heavy (non-hydrogen) atoms. The smallest absolute Gasteiger partial charge is 0.00641 e. The van der Waals surface area contributed by atoms with Gasteiger partial charge in [0, 0.05) is 6.04 Å². The molecule has 0 saturated heterocycles. The van der Waals surface area contributed by atoms with Gasteiger partial charge in [0.05, 0.1) is 0 Å². The monoisotopic (exact) mass is 225 g/mol. The summed E-state index contributed by atoms with van der Waals surface area (Å²) >= 11 is 0. The zero-order valence-corrected chi connectivity index (χ0v) is 12.1. The Morgan fingerprint density at radius 2 is 1.69 bits per heavy atom. The van der Waals surface area contributed by atoms with Crippen LogP contribution in [-0.2, 0) is 0 Å². The molecule has 96 valence electrons. The fraction of sp³-hybridized carbons (Fsp3) is 1.00. The lowest BCUT2D eigenvalue weighted by Crippen LogP contribution is -2.38. The topological polar surface area (TPSA) is 12.0 Å². The van der Waals surface area contributed by atoms with Crippen LogP contribution in [0.4, 0.5) is 0 Å². The molecule has 1 aliphatic carbocycles. The third-order valence-corrected chi connectivity index (χ3v) is 5.19. The van der Waals surface area contributed by atoms with Crippen molar-refractivity contribution in [1.82, 2.24) is 5.32 Å². The van der Waals surface area contributed by atoms with E-state index >= 15 is 0 Å². The predicted octanol–water partition coefficient (Wildman–Crippen LogP) is 3.94. The van der Waals surface area contributed by atoms with Gasteiger partial charge in [-0.15, -0.1) is 0 Å². The molecular formula is C15H31N. The number of hydrogen-bond acceptors (Lipinski definition) is 1. The third kappa shape index (κ3) is 3.23. The van der Waals surface area contributed by atoms with Crippen LogP contribution in [0.25, 0.3) is 0 Å². The highest BCUT2D eigenvalue weighted by Crippen LogP contribution is 2.41. The van der Waals surface area contributed by atoms with Crippen molar-refractivity contribution in [2.45, 2.75) is 59.9 Å². The van der Waals surface area contributed by atoms with Crippen molar-refractivity contribution < 1.29 is 0 Å². The second kappa shape index (κ2) is 6.05. The largest absolute Gasteiger partial charge is 0.317 e. The van der Waals surface area contributed by atoms with E-state index in [-0.39, 0.29) is 0 Å². The molecule has 1 N–H and O–H groups in total. The zero-order chi connectivity index (χ0) is 12.3. The Hall–Kier alpha value is -0.0400. The van der Waals surface area contributed by atoms with Crippen LogP contribution in [0.15, 0.2) is 0 Å². The molecule has 0 radical (unpaired) electrons. The lowest BCUT2D eigenvalue weighted by atomic mass is 9.66. The molecule has 0 aromatic carbocycles. The SMILES string of the molecule is CNC(C)C1CCC(C)C(C(C)C(C)C)C1. The first-order valence-electron chi connectivity index (χ1n) is 7.14. The van der Waals surface area contributed by atoms with Crippen molar-refractivity contribution in [2.75, 3.05) is 7.05 Å². The quantitative estimate of drug-likeness (QED) is 0.764. The predicted molar refractivity (Wildman–Crippen MR) is 72.5 cm³/mol. The number of nitrogens with one attached hydrogen (secondary N) is 1. The van der Waals surface area contributed by atoms with Gasteiger partial charge in [-0.2, -0.15) is 0 Å². The molecule has 0 spiro atoms. The Labute approximate surface area is 102 Å². The third-order valence-electron chi connectivity index (χ3n) is 5.19. The van der Waals surface area contributed by atoms with Gasteiger partial charge in [0.1, 0.15) is 0 Å². The van der Waals surface area contributed by atoms with E-state index < -0.39 is 0 Å². The molecule has 5 unspecified atom stereocenters. The molecule has 5 atom stereocenters. The highest BCUT2D eigenvalue weighted by atomic mass is 14.9. The van der Waals surface area contributed by atoms with Crippen molar-refractivity contribution in [3.63, 3.8) is 0 Å². The van der Waals surface area contributed by atoms with Crippen molar-refractivity contribution in [2.24, 2.45) is 29.6 Å². The van der Waals surface area contributed by atoms with E-state index in [2.05, 4.69) is 47.0 Å². The fourth-order valence-electron chi connectivity index (χ4n) is 3.31. The summed E-state index contributed by atoms with van der Waals surface area (Å²) < 4.78 is 0. The average molecular weight is 225 g/mol. The molecule has 0 aromatic heterocycles. The van der Waals surface area contributed by atoms with E-state index in [0.717, 1.165) is 29.6 Å². The Kier molecular flexibility index (Phi) is 5.30. The second-order valence-electron chi connectivity index (χ2n) is 6.39. The van der Waals surface area contributed by atoms with E-state index in [9.17, 15) is 0 Å². The first-order chi connectivity index (χ1) is 7.47. The van der Waals surface area contributed by atoms with Crippen molar-refractivity contribution >= 4 is 0 Å². The normalized spacial score (nSPS) is 35.1. The van der Waals surface area contributed by atoms with Gasteiger partial charge in [-0.3, -0.25) is 0 Å². The van der Waals surface area contributed by atoms with Crippen molar-refractivity contribution in [3.8, 4) is 0 Å². The molecular weight excluding hydrogens is 194 g/mol. The minimum absolute atomic E-state index is 0.689. The molecule has 1 nitrogen and oxygen atoms in total. The van der Waals surface area contributed by atoms with E-state index in [0.29, 0.717) is 6.04 Å². The van der Waals surface area contributed by atoms with Crippen LogP contribution >= 0.6 is 0 Å². The molecule has 0 amide bonds. The molecule has 0 aliphatic heterocycles. The standard InChI is InChI=1S/C15H31N/c1-10(2)12(4)15-9-14(13(5)16-6)8-7-11(15)3/h10-16H,7-9H2,1-6H3. The van der Waals surface area contributed by atoms with Gasteiger partial charge in [-0.1, -0.05) is 34.1 Å². The molecule has 0 heterocycles. The zero-order valence-electron chi connectivity index (χ0n) is 12.1. The maximum Gasteiger partial charge on any atom is 0.00641 e. The molecule has 0 bridgehead atoms. The lowest BCUT2D eigenvalue weighted by Gasteiger charge is -2.41. The van der Waals surface area contributed by atoms with Gasteiger partial charge in [0.15, 0.2) is 0 Å². The van der Waals surface area contributed by atoms with Crippen molar-refractivity contribution in [3.05, 3.63) is 0 Å². The molecule has 1 rings (SSSR count). The summed E-state index contributed by atoms with van der Waals surface area (Å²) in [6.07, 6.45) is 4.28. The maximum atomic E-state index is 3.44. The Morgan fingerprint density at radius 1 is 1.06 bits per heavy atom. The van der Waals surface area contributed by atoms with E-state index in [4.69, 9.17) is 0 Å². The molecule has 1 saturated carbocycles. The summed E-state index contributed by atoms with van der Waals surface area (Å²) in [5.41, 5.74) is 0. The van der Waals surface area contributed by atoms with Crippen LogP contribution in [0.2, 0.25) is 0 Å². The van der Waals surface area contributed by atoms with Gasteiger partial charge < -0.3 is 5.32 Å². The van der Waals surface area contributed by atoms with Crippen LogP contribution in [0.3, 0.4) is 0 Å². The van der Waals surface area contributed by atoms with Crippen LogP contribution in [0.5, 0.6) is 0 Å². The Balaban J connectivity index is 2.61. The first-order valence-corrected chi connectivity index (χ1v) is 7.14. The van der Waals surface area contributed by atoms with Crippen molar-refractivity contribution in [1.29, 1.82) is 0 Å². The summed E-state index contributed by atoms with van der Waals surface area (Å²) in [7, 11) is 2.10. The van der Waals surface area contributed by atoms with E-state index in [1.807, 2.05) is 0 Å². The van der Waals surface area contributed by atoms with Crippen LogP contribution in [-0.4, -0.2) is 13.1 Å². The van der Waals surface area contributed by atoms with E-state index in [1.165, 1.54) is 19.3 Å².